The fraction of sp³-hybridized carbons (Fsp3) is 0.238. The molecule has 0 aliphatic rings. The van der Waals surface area contributed by atoms with Gasteiger partial charge in [0.15, 0.2) is 0 Å². The van der Waals surface area contributed by atoms with Crippen molar-refractivity contribution in [3.05, 3.63) is 72.4 Å². The number of hydrogen-bond donors (Lipinski definition) is 1. The molecule has 4 heteroatoms. The Balaban J connectivity index is 2.03. The Morgan fingerprint density at radius 2 is 1.56 bits per heavy atom. The number of carbonyl (C=O) groups excluding carboxylic acids is 1. The molecule has 0 unspecified atom stereocenters. The molecule has 1 atom stereocenters. The maximum atomic E-state index is 12.8. The zero-order valence-corrected chi connectivity index (χ0v) is 14.8. The summed E-state index contributed by atoms with van der Waals surface area (Å²) in [5.41, 5.74) is 3.18. The highest BCUT2D eigenvalue weighted by Crippen LogP contribution is 2.21. The van der Waals surface area contributed by atoms with E-state index in [-0.39, 0.29) is 11.9 Å². The zero-order chi connectivity index (χ0) is 17.8. The van der Waals surface area contributed by atoms with Crippen molar-refractivity contribution >= 4 is 5.91 Å². The molecule has 1 heterocycles. The number of carbonyl (C=O) groups is 1. The van der Waals surface area contributed by atoms with Gasteiger partial charge in [-0.3, -0.25) is 4.79 Å². The molecule has 25 heavy (non-hydrogen) atoms. The average Bonchev–Trinajstić information content (AvgIpc) is 3.08. The van der Waals surface area contributed by atoms with Gasteiger partial charge < -0.3 is 5.32 Å². The lowest BCUT2D eigenvalue weighted by Gasteiger charge is -2.17. The molecule has 0 saturated heterocycles. The molecule has 0 bridgehead atoms. The second-order valence-corrected chi connectivity index (χ2v) is 6.53. The van der Waals surface area contributed by atoms with Crippen LogP contribution < -0.4 is 5.32 Å². The molecule has 4 nitrogen and oxygen atoms in total. The number of hydrogen-bond acceptors (Lipinski definition) is 2. The number of benzene rings is 2. The third kappa shape index (κ3) is 3.79. The number of para-hydroxylation sites is 1. The Morgan fingerprint density at radius 3 is 2.16 bits per heavy atom. The topological polar surface area (TPSA) is 46.9 Å². The van der Waals surface area contributed by atoms with Crippen molar-refractivity contribution in [1.29, 1.82) is 0 Å². The van der Waals surface area contributed by atoms with Crippen molar-refractivity contribution in [2.45, 2.75) is 26.8 Å². The summed E-state index contributed by atoms with van der Waals surface area (Å²) in [4.78, 5) is 12.8. The van der Waals surface area contributed by atoms with Crippen molar-refractivity contribution in [1.82, 2.24) is 15.1 Å². The lowest BCUT2D eigenvalue weighted by Crippen LogP contribution is -2.37. The van der Waals surface area contributed by atoms with Gasteiger partial charge in [0.2, 0.25) is 0 Å². The van der Waals surface area contributed by atoms with E-state index >= 15 is 0 Å². The molecule has 1 N–H and O–H groups in total. The molecular formula is C21H23N3O. The predicted octanol–water partition coefficient (Wildman–Crippen LogP) is 4.31. The summed E-state index contributed by atoms with van der Waals surface area (Å²) in [5.74, 6) is 0.255. The van der Waals surface area contributed by atoms with Crippen LogP contribution in [0.4, 0.5) is 0 Å². The van der Waals surface area contributed by atoms with Crippen LogP contribution in [-0.4, -0.2) is 21.7 Å². The standard InChI is InChI=1S/C21H23N3O/c1-15(2)16(3)22-21(25)20-14-19(17-10-6-4-7-11-17)23-24(20)18-12-8-5-9-13-18/h4-16H,1-3H3,(H,22,25)/t16-/m0/s1. The maximum Gasteiger partial charge on any atom is 0.270 e. The van der Waals surface area contributed by atoms with E-state index in [1.807, 2.05) is 73.7 Å². The highest BCUT2D eigenvalue weighted by molar-refractivity contribution is 5.94. The second-order valence-electron chi connectivity index (χ2n) is 6.53. The van der Waals surface area contributed by atoms with Gasteiger partial charge in [-0.2, -0.15) is 5.10 Å². The molecule has 1 aromatic heterocycles. The van der Waals surface area contributed by atoms with Crippen LogP contribution >= 0.6 is 0 Å². The minimum Gasteiger partial charge on any atom is -0.348 e. The molecule has 0 saturated carbocycles. The molecule has 3 aromatic rings. The van der Waals surface area contributed by atoms with Gasteiger partial charge in [0, 0.05) is 11.6 Å². The number of amides is 1. The van der Waals surface area contributed by atoms with Crippen LogP contribution in [0.15, 0.2) is 66.7 Å². The van der Waals surface area contributed by atoms with Crippen molar-refractivity contribution in [2.24, 2.45) is 5.92 Å². The van der Waals surface area contributed by atoms with Gasteiger partial charge in [-0.25, -0.2) is 4.68 Å². The molecule has 3 rings (SSSR count). The van der Waals surface area contributed by atoms with Crippen molar-refractivity contribution in [2.75, 3.05) is 0 Å². The van der Waals surface area contributed by atoms with Crippen LogP contribution in [-0.2, 0) is 0 Å². The predicted molar refractivity (Wildman–Crippen MR) is 101 cm³/mol. The minimum atomic E-state index is -0.111. The molecule has 2 aromatic carbocycles. The molecule has 0 spiro atoms. The van der Waals surface area contributed by atoms with E-state index in [0.717, 1.165) is 16.9 Å². The van der Waals surface area contributed by atoms with Gasteiger partial charge in [-0.05, 0) is 31.0 Å². The van der Waals surface area contributed by atoms with E-state index in [9.17, 15) is 4.79 Å². The Morgan fingerprint density at radius 1 is 0.960 bits per heavy atom. The van der Waals surface area contributed by atoms with E-state index < -0.39 is 0 Å². The molecule has 128 valence electrons. The first-order valence-electron chi connectivity index (χ1n) is 8.58. The van der Waals surface area contributed by atoms with Crippen molar-refractivity contribution in [3.63, 3.8) is 0 Å². The van der Waals surface area contributed by atoms with Crippen LogP contribution in [0.3, 0.4) is 0 Å². The number of rotatable bonds is 5. The van der Waals surface area contributed by atoms with Crippen LogP contribution in [0.2, 0.25) is 0 Å². The number of aromatic nitrogens is 2. The average molecular weight is 333 g/mol. The lowest BCUT2D eigenvalue weighted by atomic mass is 10.1. The van der Waals surface area contributed by atoms with Gasteiger partial charge in [0.25, 0.3) is 5.91 Å². The summed E-state index contributed by atoms with van der Waals surface area (Å²) in [7, 11) is 0. The van der Waals surface area contributed by atoms with Gasteiger partial charge >= 0.3 is 0 Å². The number of nitrogens with one attached hydrogen (secondary N) is 1. The molecule has 1 amide bonds. The summed E-state index contributed by atoms with van der Waals surface area (Å²) in [5, 5.41) is 7.75. The molecular weight excluding hydrogens is 310 g/mol. The van der Waals surface area contributed by atoms with Crippen LogP contribution in [0.5, 0.6) is 0 Å². The van der Waals surface area contributed by atoms with Gasteiger partial charge in [-0.1, -0.05) is 62.4 Å². The Bertz CT molecular complexity index is 838. The summed E-state index contributed by atoms with van der Waals surface area (Å²) < 4.78 is 1.71. The molecule has 0 fully saturated rings. The largest absolute Gasteiger partial charge is 0.348 e. The van der Waals surface area contributed by atoms with Gasteiger partial charge in [0.1, 0.15) is 5.69 Å². The molecule has 0 aliphatic carbocycles. The Kier molecular flexibility index (Phi) is 4.98. The van der Waals surface area contributed by atoms with E-state index in [4.69, 9.17) is 0 Å². The highest BCUT2D eigenvalue weighted by atomic mass is 16.2. The second kappa shape index (κ2) is 7.34. The summed E-state index contributed by atoms with van der Waals surface area (Å²) in [6.07, 6.45) is 0. The van der Waals surface area contributed by atoms with E-state index in [1.54, 1.807) is 4.68 Å². The SMILES string of the molecule is CC(C)[C@H](C)NC(=O)c1cc(-c2ccccc2)nn1-c1ccccc1. The molecule has 0 aliphatic heterocycles. The van der Waals surface area contributed by atoms with E-state index in [0.29, 0.717) is 11.6 Å². The smallest absolute Gasteiger partial charge is 0.270 e. The number of nitrogens with zero attached hydrogens (tertiary/aromatic N) is 2. The van der Waals surface area contributed by atoms with Crippen LogP contribution in [0, 0.1) is 5.92 Å². The first-order valence-corrected chi connectivity index (χ1v) is 8.58. The maximum absolute atomic E-state index is 12.8. The summed E-state index contributed by atoms with van der Waals surface area (Å²) in [6, 6.07) is 21.6. The van der Waals surface area contributed by atoms with Crippen molar-refractivity contribution < 1.29 is 4.79 Å². The van der Waals surface area contributed by atoms with E-state index in [1.165, 1.54) is 0 Å². The highest BCUT2D eigenvalue weighted by Gasteiger charge is 2.20. The third-order valence-electron chi connectivity index (χ3n) is 4.37. The Hall–Kier alpha value is -2.88. The van der Waals surface area contributed by atoms with E-state index in [2.05, 4.69) is 24.3 Å². The fourth-order valence-corrected chi connectivity index (χ4v) is 2.51. The monoisotopic (exact) mass is 333 g/mol. The first-order chi connectivity index (χ1) is 12.1. The first kappa shape index (κ1) is 17.0. The van der Waals surface area contributed by atoms with Crippen LogP contribution in [0.25, 0.3) is 16.9 Å². The van der Waals surface area contributed by atoms with Gasteiger partial charge in [0.05, 0.1) is 11.4 Å². The minimum absolute atomic E-state index is 0.0896. The third-order valence-corrected chi connectivity index (χ3v) is 4.37. The van der Waals surface area contributed by atoms with Crippen LogP contribution in [0.1, 0.15) is 31.3 Å². The normalized spacial score (nSPS) is 12.2. The van der Waals surface area contributed by atoms with Crippen molar-refractivity contribution in [3.8, 4) is 16.9 Å². The summed E-state index contributed by atoms with van der Waals surface area (Å²) >= 11 is 0. The zero-order valence-electron chi connectivity index (χ0n) is 14.8. The lowest BCUT2D eigenvalue weighted by molar-refractivity contribution is 0.0922. The quantitative estimate of drug-likeness (QED) is 0.756. The Labute approximate surface area is 148 Å². The summed E-state index contributed by atoms with van der Waals surface area (Å²) in [6.45, 7) is 6.20. The van der Waals surface area contributed by atoms with Gasteiger partial charge in [-0.15, -0.1) is 0 Å². The fourth-order valence-electron chi connectivity index (χ4n) is 2.51. The molecule has 0 radical (unpaired) electrons.